The van der Waals surface area contributed by atoms with Crippen LogP contribution in [0, 0.1) is 0 Å². The molecule has 0 fully saturated rings. The number of imidazole rings is 1. The Labute approximate surface area is 107 Å². The molecule has 0 amide bonds. The van der Waals surface area contributed by atoms with Crippen LogP contribution in [0.4, 0.5) is 0 Å². The molecule has 0 spiro atoms. The van der Waals surface area contributed by atoms with Gasteiger partial charge in [0.05, 0.1) is 31.3 Å². The first-order chi connectivity index (χ1) is 8.76. The van der Waals surface area contributed by atoms with Gasteiger partial charge >= 0.3 is 0 Å². The van der Waals surface area contributed by atoms with Crippen molar-refractivity contribution in [2.75, 3.05) is 27.4 Å². The van der Waals surface area contributed by atoms with Crippen molar-refractivity contribution in [2.24, 2.45) is 7.05 Å². The summed E-state index contributed by atoms with van der Waals surface area (Å²) >= 11 is 0. The summed E-state index contributed by atoms with van der Waals surface area (Å²) in [5, 5.41) is 3.29. The molecule has 1 aromatic carbocycles. The summed E-state index contributed by atoms with van der Waals surface area (Å²) in [7, 11) is 5.38. The van der Waals surface area contributed by atoms with E-state index >= 15 is 0 Å². The molecule has 0 bridgehead atoms. The quantitative estimate of drug-likeness (QED) is 0.784. The summed E-state index contributed by atoms with van der Waals surface area (Å²) in [5.74, 6) is 1.84. The molecule has 0 unspecified atom stereocenters. The lowest BCUT2D eigenvalue weighted by molar-refractivity contribution is 0.199. The van der Waals surface area contributed by atoms with Gasteiger partial charge in [0.25, 0.3) is 0 Å². The zero-order valence-corrected chi connectivity index (χ0v) is 11.1. The van der Waals surface area contributed by atoms with Gasteiger partial charge < -0.3 is 19.4 Å². The van der Waals surface area contributed by atoms with Crippen molar-refractivity contribution in [1.29, 1.82) is 0 Å². The van der Waals surface area contributed by atoms with E-state index in [2.05, 4.69) is 14.9 Å². The fourth-order valence-corrected chi connectivity index (χ4v) is 1.89. The molecular formula is C13H19N3O2. The minimum absolute atomic E-state index is 0.706. The standard InChI is InChI=1S/C13H19N3O2/c1-16-12-5-4-10(18-3)8-11(12)15-13(16)9-14-6-7-17-2/h4-5,8,14H,6-7,9H2,1-3H3. The largest absolute Gasteiger partial charge is 0.497 e. The molecular weight excluding hydrogens is 230 g/mol. The molecule has 1 N–H and O–H groups in total. The number of aromatic nitrogens is 2. The fourth-order valence-electron chi connectivity index (χ4n) is 1.89. The highest BCUT2D eigenvalue weighted by atomic mass is 16.5. The van der Waals surface area contributed by atoms with Gasteiger partial charge in [-0.2, -0.15) is 0 Å². The van der Waals surface area contributed by atoms with E-state index in [-0.39, 0.29) is 0 Å². The number of benzene rings is 1. The van der Waals surface area contributed by atoms with Crippen molar-refractivity contribution in [3.63, 3.8) is 0 Å². The molecule has 1 heterocycles. The lowest BCUT2D eigenvalue weighted by Gasteiger charge is -2.04. The van der Waals surface area contributed by atoms with Gasteiger partial charge in [-0.3, -0.25) is 0 Å². The molecule has 0 aliphatic rings. The van der Waals surface area contributed by atoms with E-state index in [9.17, 15) is 0 Å². The average molecular weight is 249 g/mol. The minimum atomic E-state index is 0.706. The summed E-state index contributed by atoms with van der Waals surface area (Å²) in [6, 6.07) is 5.93. The second-order valence-corrected chi connectivity index (χ2v) is 4.11. The fraction of sp³-hybridized carbons (Fsp3) is 0.462. The van der Waals surface area contributed by atoms with E-state index in [4.69, 9.17) is 9.47 Å². The maximum atomic E-state index is 5.20. The van der Waals surface area contributed by atoms with Crippen molar-refractivity contribution in [2.45, 2.75) is 6.54 Å². The van der Waals surface area contributed by atoms with E-state index in [1.165, 1.54) is 0 Å². The zero-order chi connectivity index (χ0) is 13.0. The van der Waals surface area contributed by atoms with Gasteiger partial charge in [-0.25, -0.2) is 4.98 Å². The van der Waals surface area contributed by atoms with Crippen molar-refractivity contribution < 1.29 is 9.47 Å². The van der Waals surface area contributed by atoms with Crippen molar-refractivity contribution >= 4 is 11.0 Å². The SMILES string of the molecule is COCCNCc1nc2cc(OC)ccc2n1C. The Morgan fingerprint density at radius 3 is 2.89 bits per heavy atom. The second-order valence-electron chi connectivity index (χ2n) is 4.11. The molecule has 2 rings (SSSR count). The third-order valence-corrected chi connectivity index (χ3v) is 2.95. The summed E-state index contributed by atoms with van der Waals surface area (Å²) in [5.41, 5.74) is 2.07. The normalized spacial score (nSPS) is 11.1. The monoisotopic (exact) mass is 249 g/mol. The summed E-state index contributed by atoms with van der Waals surface area (Å²) in [6.07, 6.45) is 0. The van der Waals surface area contributed by atoms with Crippen LogP contribution in [0.1, 0.15) is 5.82 Å². The van der Waals surface area contributed by atoms with Gasteiger partial charge in [0.1, 0.15) is 11.6 Å². The van der Waals surface area contributed by atoms with Crippen molar-refractivity contribution in [1.82, 2.24) is 14.9 Å². The third-order valence-electron chi connectivity index (χ3n) is 2.95. The third kappa shape index (κ3) is 2.63. The van der Waals surface area contributed by atoms with Gasteiger partial charge in [0.2, 0.25) is 0 Å². The highest BCUT2D eigenvalue weighted by Crippen LogP contribution is 2.20. The summed E-state index contributed by atoms with van der Waals surface area (Å²) < 4.78 is 12.3. The maximum Gasteiger partial charge on any atom is 0.123 e. The average Bonchev–Trinajstić information content (AvgIpc) is 2.71. The highest BCUT2D eigenvalue weighted by molar-refractivity contribution is 5.77. The molecule has 0 aliphatic heterocycles. The summed E-state index contributed by atoms with van der Waals surface area (Å²) in [4.78, 5) is 4.60. The first kappa shape index (κ1) is 12.9. The van der Waals surface area contributed by atoms with Crippen molar-refractivity contribution in [3.05, 3.63) is 24.0 Å². The number of hydrogen-bond donors (Lipinski definition) is 1. The maximum absolute atomic E-state index is 5.20. The van der Waals surface area contributed by atoms with Crippen LogP contribution in [-0.4, -0.2) is 36.9 Å². The van der Waals surface area contributed by atoms with Crippen LogP contribution < -0.4 is 10.1 Å². The van der Waals surface area contributed by atoms with Crippen LogP contribution in [0.2, 0.25) is 0 Å². The van der Waals surface area contributed by atoms with Crippen molar-refractivity contribution in [3.8, 4) is 5.75 Å². The molecule has 0 radical (unpaired) electrons. The minimum Gasteiger partial charge on any atom is -0.497 e. The molecule has 0 atom stereocenters. The van der Waals surface area contributed by atoms with Crippen LogP contribution in [0.15, 0.2) is 18.2 Å². The first-order valence-electron chi connectivity index (χ1n) is 5.95. The predicted molar refractivity (Wildman–Crippen MR) is 70.8 cm³/mol. The number of rotatable bonds is 6. The van der Waals surface area contributed by atoms with Crippen LogP contribution >= 0.6 is 0 Å². The number of ether oxygens (including phenoxy) is 2. The number of nitrogens with zero attached hydrogens (tertiary/aromatic N) is 2. The Morgan fingerprint density at radius 2 is 2.17 bits per heavy atom. The van der Waals surface area contributed by atoms with E-state index in [0.717, 1.165) is 35.7 Å². The first-order valence-corrected chi connectivity index (χ1v) is 5.95. The molecule has 0 saturated carbocycles. The number of aryl methyl sites for hydroxylation is 1. The Bertz CT molecular complexity index is 522. The summed E-state index contributed by atoms with van der Waals surface area (Å²) in [6.45, 7) is 2.26. The molecule has 2 aromatic rings. The molecule has 0 aliphatic carbocycles. The van der Waals surface area contributed by atoms with E-state index < -0.39 is 0 Å². The number of fused-ring (bicyclic) bond motifs is 1. The highest BCUT2D eigenvalue weighted by Gasteiger charge is 2.07. The Hall–Kier alpha value is -1.59. The molecule has 0 saturated heterocycles. The number of nitrogens with one attached hydrogen (secondary N) is 1. The van der Waals surface area contributed by atoms with Crippen LogP contribution in [-0.2, 0) is 18.3 Å². The van der Waals surface area contributed by atoms with Gasteiger partial charge in [0.15, 0.2) is 0 Å². The predicted octanol–water partition coefficient (Wildman–Crippen LogP) is 1.32. The zero-order valence-electron chi connectivity index (χ0n) is 11.1. The number of hydrogen-bond acceptors (Lipinski definition) is 4. The molecule has 1 aromatic heterocycles. The molecule has 18 heavy (non-hydrogen) atoms. The lowest BCUT2D eigenvalue weighted by Crippen LogP contribution is -2.20. The van der Waals surface area contributed by atoms with E-state index in [1.54, 1.807) is 14.2 Å². The molecule has 98 valence electrons. The smallest absolute Gasteiger partial charge is 0.123 e. The van der Waals surface area contributed by atoms with Gasteiger partial charge in [-0.05, 0) is 12.1 Å². The van der Waals surface area contributed by atoms with E-state index in [0.29, 0.717) is 6.61 Å². The Morgan fingerprint density at radius 1 is 1.33 bits per heavy atom. The number of methoxy groups -OCH3 is 2. The second kappa shape index (κ2) is 5.84. The van der Waals surface area contributed by atoms with Gasteiger partial charge in [-0.1, -0.05) is 0 Å². The van der Waals surface area contributed by atoms with Crippen LogP contribution in [0.3, 0.4) is 0 Å². The topological polar surface area (TPSA) is 48.3 Å². The molecule has 5 nitrogen and oxygen atoms in total. The molecule has 5 heteroatoms. The Balaban J connectivity index is 2.16. The Kier molecular flexibility index (Phi) is 4.17. The van der Waals surface area contributed by atoms with Gasteiger partial charge in [-0.15, -0.1) is 0 Å². The van der Waals surface area contributed by atoms with Crippen LogP contribution in [0.5, 0.6) is 5.75 Å². The lowest BCUT2D eigenvalue weighted by atomic mass is 10.3. The van der Waals surface area contributed by atoms with E-state index in [1.807, 2.05) is 25.2 Å². The van der Waals surface area contributed by atoms with Gasteiger partial charge in [0, 0.05) is 26.8 Å². The van der Waals surface area contributed by atoms with Crippen LogP contribution in [0.25, 0.3) is 11.0 Å².